The second-order valence-corrected chi connectivity index (χ2v) is 10.1. The zero-order valence-electron chi connectivity index (χ0n) is 17.3. The fraction of sp³-hybridized carbons (Fsp3) is 0.545. The topological polar surface area (TPSA) is 64.3 Å². The zero-order valence-corrected chi connectivity index (χ0v) is 18.1. The number of nitrogen functional groups attached to an aromatic ring is 1. The van der Waals surface area contributed by atoms with Crippen molar-refractivity contribution in [2.75, 3.05) is 17.2 Å². The number of fused-ring (bicyclic) bond motifs is 2. The summed E-state index contributed by atoms with van der Waals surface area (Å²) in [5.74, 6) is 1.87. The second kappa shape index (κ2) is 6.51. The van der Waals surface area contributed by atoms with Crippen LogP contribution in [-0.2, 0) is 0 Å². The molecule has 2 fully saturated rings. The lowest BCUT2D eigenvalue weighted by molar-refractivity contribution is 0.136. The van der Waals surface area contributed by atoms with Crippen LogP contribution in [0.15, 0.2) is 18.5 Å². The van der Waals surface area contributed by atoms with Gasteiger partial charge in [-0.15, -0.1) is 0 Å². The highest BCUT2D eigenvalue weighted by atomic mass is 35.5. The van der Waals surface area contributed by atoms with E-state index >= 15 is 0 Å². The molecule has 2 aliphatic rings. The molecule has 0 radical (unpaired) electrons. The van der Waals surface area contributed by atoms with Gasteiger partial charge in [0.2, 0.25) is 5.88 Å². The number of hydrogen-bond acceptors (Lipinski definition) is 5. The molecule has 2 heterocycles. The molecule has 4 rings (SSSR count). The van der Waals surface area contributed by atoms with Gasteiger partial charge in [-0.2, -0.15) is 4.98 Å². The Morgan fingerprint density at radius 3 is 2.50 bits per heavy atom. The Balaban J connectivity index is 1.65. The van der Waals surface area contributed by atoms with Crippen LogP contribution in [0.1, 0.15) is 51.2 Å². The fourth-order valence-electron chi connectivity index (χ4n) is 5.47. The zero-order chi connectivity index (χ0) is 20.3. The Hall–Kier alpha value is -2.01. The van der Waals surface area contributed by atoms with E-state index in [0.29, 0.717) is 34.2 Å². The first kappa shape index (κ1) is 19.3. The molecule has 1 aromatic carbocycles. The number of aromatic nitrogens is 2. The lowest BCUT2D eigenvalue weighted by Gasteiger charge is -2.39. The molecule has 1 aliphatic heterocycles. The molecule has 0 spiro atoms. The third kappa shape index (κ3) is 3.41. The van der Waals surface area contributed by atoms with Crippen LogP contribution in [-0.4, -0.2) is 22.6 Å². The van der Waals surface area contributed by atoms with Gasteiger partial charge in [-0.05, 0) is 67.2 Å². The molecule has 2 unspecified atom stereocenters. The number of benzene rings is 1. The molecule has 5 nitrogen and oxygen atoms in total. The van der Waals surface area contributed by atoms with Crippen LogP contribution < -0.4 is 15.4 Å². The average molecular weight is 401 g/mol. The van der Waals surface area contributed by atoms with Crippen LogP contribution >= 0.6 is 11.6 Å². The molecule has 1 aromatic heterocycles. The maximum atomic E-state index is 6.49. The summed E-state index contributed by atoms with van der Waals surface area (Å²) < 4.78 is 6.04. The van der Waals surface area contributed by atoms with Crippen LogP contribution in [0.2, 0.25) is 5.02 Å². The molecule has 2 bridgehead atoms. The largest absolute Gasteiger partial charge is 0.437 e. The van der Waals surface area contributed by atoms with Gasteiger partial charge in [-0.1, -0.05) is 32.4 Å². The highest BCUT2D eigenvalue weighted by Crippen LogP contribution is 2.54. The third-order valence-electron chi connectivity index (χ3n) is 6.14. The van der Waals surface area contributed by atoms with Gasteiger partial charge in [0.25, 0.3) is 0 Å². The lowest BCUT2D eigenvalue weighted by atomic mass is 9.65. The van der Waals surface area contributed by atoms with E-state index in [1.54, 1.807) is 6.33 Å². The maximum absolute atomic E-state index is 6.49. The summed E-state index contributed by atoms with van der Waals surface area (Å²) in [4.78, 5) is 11.2. The predicted molar refractivity (Wildman–Crippen MR) is 114 cm³/mol. The number of hydrogen-bond donors (Lipinski definition) is 1. The van der Waals surface area contributed by atoms with E-state index in [2.05, 4.69) is 35.6 Å². The summed E-state index contributed by atoms with van der Waals surface area (Å²) in [6, 6.07) is 4.27. The molecule has 6 heteroatoms. The van der Waals surface area contributed by atoms with E-state index in [1.165, 1.54) is 12.8 Å². The van der Waals surface area contributed by atoms with Crippen molar-refractivity contribution in [2.45, 2.75) is 59.9 Å². The lowest BCUT2D eigenvalue weighted by Crippen LogP contribution is -2.35. The first-order chi connectivity index (χ1) is 13.1. The van der Waals surface area contributed by atoms with E-state index in [0.717, 1.165) is 34.9 Å². The van der Waals surface area contributed by atoms with Crippen molar-refractivity contribution in [3.05, 3.63) is 34.6 Å². The summed E-state index contributed by atoms with van der Waals surface area (Å²) in [6.45, 7) is 12.0. The van der Waals surface area contributed by atoms with Crippen molar-refractivity contribution in [3.63, 3.8) is 0 Å². The Morgan fingerprint density at radius 1 is 1.14 bits per heavy atom. The van der Waals surface area contributed by atoms with E-state index in [9.17, 15) is 0 Å². The van der Waals surface area contributed by atoms with E-state index < -0.39 is 0 Å². The maximum Gasteiger partial charge on any atom is 0.248 e. The Bertz CT molecular complexity index is 906. The number of rotatable bonds is 3. The molecule has 1 aliphatic carbocycles. The number of nitrogens with zero attached hydrogens (tertiary/aromatic N) is 3. The van der Waals surface area contributed by atoms with Crippen LogP contribution in [0.25, 0.3) is 0 Å². The number of ether oxygens (including phenoxy) is 1. The summed E-state index contributed by atoms with van der Waals surface area (Å²) in [5, 5.41) is 0.754. The number of nitrogens with two attached hydrogens (primary N) is 1. The van der Waals surface area contributed by atoms with Crippen molar-refractivity contribution in [1.29, 1.82) is 0 Å². The monoisotopic (exact) mass is 400 g/mol. The minimum Gasteiger partial charge on any atom is -0.437 e. The van der Waals surface area contributed by atoms with Crippen molar-refractivity contribution in [2.24, 2.45) is 10.8 Å². The minimum atomic E-state index is 0.301. The fourth-order valence-corrected chi connectivity index (χ4v) is 5.57. The quantitative estimate of drug-likeness (QED) is 0.734. The van der Waals surface area contributed by atoms with E-state index in [-0.39, 0.29) is 0 Å². The molecular formula is C22H29ClN4O. The van der Waals surface area contributed by atoms with Crippen molar-refractivity contribution >= 4 is 23.1 Å². The van der Waals surface area contributed by atoms with Gasteiger partial charge >= 0.3 is 0 Å². The van der Waals surface area contributed by atoms with Gasteiger partial charge in [0.15, 0.2) is 5.82 Å². The molecule has 1 saturated carbocycles. The molecule has 28 heavy (non-hydrogen) atoms. The van der Waals surface area contributed by atoms with Crippen LogP contribution in [0, 0.1) is 24.7 Å². The molecule has 1 saturated heterocycles. The van der Waals surface area contributed by atoms with Crippen LogP contribution in [0.3, 0.4) is 0 Å². The highest BCUT2D eigenvalue weighted by Gasteiger charge is 2.50. The third-order valence-corrected chi connectivity index (χ3v) is 6.73. The highest BCUT2D eigenvalue weighted by molar-refractivity contribution is 6.32. The van der Waals surface area contributed by atoms with E-state index in [1.807, 2.05) is 26.0 Å². The molecule has 0 amide bonds. The smallest absolute Gasteiger partial charge is 0.248 e. The van der Waals surface area contributed by atoms with E-state index in [4.69, 9.17) is 22.1 Å². The van der Waals surface area contributed by atoms with Gasteiger partial charge in [0.05, 0.1) is 0 Å². The van der Waals surface area contributed by atoms with Crippen LogP contribution in [0.5, 0.6) is 11.6 Å². The van der Waals surface area contributed by atoms with Crippen LogP contribution in [0.4, 0.5) is 11.5 Å². The molecular weight excluding hydrogens is 372 g/mol. The first-order valence-corrected chi connectivity index (χ1v) is 10.3. The Kier molecular flexibility index (Phi) is 4.49. The average Bonchev–Trinajstić information content (AvgIpc) is 2.83. The minimum absolute atomic E-state index is 0.301. The van der Waals surface area contributed by atoms with Crippen molar-refractivity contribution in [3.8, 4) is 11.6 Å². The molecule has 2 N–H and O–H groups in total. The number of halogens is 1. The number of anilines is 2. The van der Waals surface area contributed by atoms with Gasteiger partial charge in [0.1, 0.15) is 17.8 Å². The predicted octanol–water partition coefficient (Wildman–Crippen LogP) is 5.53. The van der Waals surface area contributed by atoms with Gasteiger partial charge in [0, 0.05) is 17.6 Å². The second-order valence-electron chi connectivity index (χ2n) is 9.73. The first-order valence-electron chi connectivity index (χ1n) is 9.89. The van der Waals surface area contributed by atoms with Gasteiger partial charge < -0.3 is 15.4 Å². The molecule has 150 valence electrons. The summed E-state index contributed by atoms with van der Waals surface area (Å²) in [7, 11) is 0. The summed E-state index contributed by atoms with van der Waals surface area (Å²) >= 11 is 6.27. The standard InChI is InChI=1S/C22H29ClN4O/c1-13-6-16(7-14(2)17(13)23)28-20-18(24)19(25-12-26-20)27-11-22(5)9-15(27)8-21(3,4)10-22/h6-7,12,15H,8-11,24H2,1-5H3. The Labute approximate surface area is 172 Å². The summed E-state index contributed by atoms with van der Waals surface area (Å²) in [6.07, 6.45) is 5.11. The Morgan fingerprint density at radius 2 is 1.82 bits per heavy atom. The normalized spacial score (nSPS) is 25.8. The molecule has 2 atom stereocenters. The molecule has 2 aromatic rings. The van der Waals surface area contributed by atoms with Crippen molar-refractivity contribution < 1.29 is 4.74 Å². The van der Waals surface area contributed by atoms with Crippen molar-refractivity contribution in [1.82, 2.24) is 9.97 Å². The number of aryl methyl sites for hydroxylation is 2. The van der Waals surface area contributed by atoms with Gasteiger partial charge in [-0.3, -0.25) is 0 Å². The summed E-state index contributed by atoms with van der Waals surface area (Å²) in [5.41, 5.74) is 9.57. The van der Waals surface area contributed by atoms with Gasteiger partial charge in [-0.25, -0.2) is 4.98 Å². The SMILES string of the molecule is Cc1cc(Oc2ncnc(N3CC4(C)CC3CC(C)(C)C4)c2N)cc(C)c1Cl.